The van der Waals surface area contributed by atoms with Crippen LogP contribution in [0.5, 0.6) is 11.5 Å². The molecule has 4 N–H and O–H groups in total. The van der Waals surface area contributed by atoms with E-state index >= 15 is 0 Å². The van der Waals surface area contributed by atoms with E-state index in [-0.39, 0.29) is 35.8 Å². The first-order valence-corrected chi connectivity index (χ1v) is 8.65. The highest BCUT2D eigenvalue weighted by Gasteiger charge is 2.19. The molecular weight excluding hydrogens is 432 g/mol. The van der Waals surface area contributed by atoms with E-state index in [4.69, 9.17) is 19.7 Å². The van der Waals surface area contributed by atoms with Gasteiger partial charge in [-0.25, -0.2) is 9.59 Å². The van der Waals surface area contributed by atoms with Gasteiger partial charge < -0.3 is 30.3 Å². The number of nitrogens with zero attached hydrogens (tertiary/aromatic N) is 2. The summed E-state index contributed by atoms with van der Waals surface area (Å²) in [6.45, 7) is -0.252. The van der Waals surface area contributed by atoms with E-state index in [1.165, 1.54) is 44.6 Å². The standard InChI is InChI=1S/C10H12N2O6.C8H8N2O4/c1-17-8-3-6(5-11-10(13)14)7(12(15)16)4-9(8)18-2;11-8(12)9-5-6-3-1-2-4-7(6)10(13)14/h3-4,11H,5H2,1-2H3,(H,13,14);1-4,9H,5H2,(H,11,12). The number of carbonyl (C=O) groups is 2. The molecule has 172 valence electrons. The minimum atomic E-state index is -1.26. The fourth-order valence-corrected chi connectivity index (χ4v) is 2.40. The van der Waals surface area contributed by atoms with Gasteiger partial charge in [0, 0.05) is 11.6 Å². The van der Waals surface area contributed by atoms with Crippen molar-refractivity contribution < 1.29 is 39.1 Å². The Morgan fingerprint density at radius 2 is 1.31 bits per heavy atom. The molecule has 0 saturated carbocycles. The first-order valence-electron chi connectivity index (χ1n) is 8.65. The number of nitro benzene ring substituents is 2. The molecule has 0 saturated heterocycles. The van der Waals surface area contributed by atoms with Crippen molar-refractivity contribution >= 4 is 23.6 Å². The molecule has 0 unspecified atom stereocenters. The van der Waals surface area contributed by atoms with Gasteiger partial charge in [-0.3, -0.25) is 20.2 Å². The van der Waals surface area contributed by atoms with Crippen molar-refractivity contribution in [2.75, 3.05) is 14.2 Å². The van der Waals surface area contributed by atoms with Gasteiger partial charge in [-0.1, -0.05) is 18.2 Å². The summed E-state index contributed by atoms with van der Waals surface area (Å²) in [4.78, 5) is 40.8. The third kappa shape index (κ3) is 7.66. The van der Waals surface area contributed by atoms with Crippen LogP contribution < -0.4 is 20.1 Å². The average molecular weight is 452 g/mol. The molecule has 0 heterocycles. The minimum Gasteiger partial charge on any atom is -0.493 e. The lowest BCUT2D eigenvalue weighted by Crippen LogP contribution is -2.20. The molecule has 0 fully saturated rings. The zero-order valence-corrected chi connectivity index (χ0v) is 16.9. The third-order valence-corrected chi connectivity index (χ3v) is 3.83. The zero-order chi connectivity index (χ0) is 24.3. The second-order valence-electron chi connectivity index (χ2n) is 5.80. The van der Waals surface area contributed by atoms with Crippen molar-refractivity contribution in [1.29, 1.82) is 0 Å². The van der Waals surface area contributed by atoms with Gasteiger partial charge in [0.15, 0.2) is 11.5 Å². The highest BCUT2D eigenvalue weighted by Crippen LogP contribution is 2.34. The maximum atomic E-state index is 10.9. The Morgan fingerprint density at radius 3 is 1.78 bits per heavy atom. The molecule has 0 aliphatic heterocycles. The van der Waals surface area contributed by atoms with Gasteiger partial charge in [0.25, 0.3) is 11.4 Å². The number of para-hydroxylation sites is 1. The van der Waals surface area contributed by atoms with Crippen LogP contribution in [-0.4, -0.2) is 46.5 Å². The van der Waals surface area contributed by atoms with Gasteiger partial charge in [0.1, 0.15) is 0 Å². The third-order valence-electron chi connectivity index (χ3n) is 3.83. The summed E-state index contributed by atoms with van der Waals surface area (Å²) < 4.78 is 9.94. The van der Waals surface area contributed by atoms with E-state index in [1.807, 2.05) is 0 Å². The highest BCUT2D eigenvalue weighted by molar-refractivity contribution is 5.65. The second-order valence-corrected chi connectivity index (χ2v) is 5.80. The van der Waals surface area contributed by atoms with Crippen molar-refractivity contribution in [2.45, 2.75) is 13.1 Å². The van der Waals surface area contributed by atoms with Crippen molar-refractivity contribution in [2.24, 2.45) is 0 Å². The van der Waals surface area contributed by atoms with Crippen molar-refractivity contribution in [1.82, 2.24) is 10.6 Å². The maximum Gasteiger partial charge on any atom is 0.404 e. The van der Waals surface area contributed by atoms with Crippen LogP contribution in [0.25, 0.3) is 0 Å². The Bertz CT molecular complexity index is 996. The number of nitro groups is 2. The summed E-state index contributed by atoms with van der Waals surface area (Å²) in [7, 11) is 2.74. The number of ether oxygens (including phenoxy) is 2. The molecule has 14 nitrogen and oxygen atoms in total. The molecule has 0 aromatic heterocycles. The Balaban J connectivity index is 0.000000330. The molecule has 14 heteroatoms. The number of methoxy groups -OCH3 is 2. The average Bonchev–Trinajstić information content (AvgIpc) is 2.75. The van der Waals surface area contributed by atoms with E-state index in [9.17, 15) is 29.8 Å². The van der Waals surface area contributed by atoms with Crippen molar-refractivity contribution in [3.8, 4) is 11.5 Å². The topological polar surface area (TPSA) is 203 Å². The normalized spacial score (nSPS) is 9.56. The molecule has 2 aromatic carbocycles. The SMILES string of the molecule is COc1cc(CNC(=O)O)c([N+](=O)[O-])cc1OC.O=C(O)NCc1ccccc1[N+](=O)[O-]. The Kier molecular flexibility index (Phi) is 9.66. The molecular formula is C18H20N4O10. The molecule has 0 radical (unpaired) electrons. The number of carboxylic acid groups (broad SMARTS) is 2. The van der Waals surface area contributed by atoms with Crippen molar-refractivity contribution in [3.63, 3.8) is 0 Å². The fraction of sp³-hybridized carbons (Fsp3) is 0.222. The van der Waals surface area contributed by atoms with E-state index in [0.717, 1.165) is 0 Å². The van der Waals surface area contributed by atoms with E-state index in [2.05, 4.69) is 10.6 Å². The lowest BCUT2D eigenvalue weighted by molar-refractivity contribution is -0.385. The molecule has 32 heavy (non-hydrogen) atoms. The van der Waals surface area contributed by atoms with Crippen LogP contribution in [0.3, 0.4) is 0 Å². The summed E-state index contributed by atoms with van der Waals surface area (Å²) in [5.41, 5.74) is 0.225. The van der Waals surface area contributed by atoms with Gasteiger partial charge in [-0.15, -0.1) is 0 Å². The molecule has 0 aliphatic carbocycles. The first-order chi connectivity index (χ1) is 15.1. The number of hydrogen-bond acceptors (Lipinski definition) is 8. The van der Waals surface area contributed by atoms with E-state index in [1.54, 1.807) is 6.07 Å². The number of hydrogen-bond donors (Lipinski definition) is 4. The minimum absolute atomic E-state index is 0.0630. The van der Waals surface area contributed by atoms with Crippen LogP contribution >= 0.6 is 0 Å². The molecule has 2 amide bonds. The molecule has 2 rings (SSSR count). The summed E-state index contributed by atoms with van der Waals surface area (Å²) in [5.74, 6) is 0.508. The van der Waals surface area contributed by atoms with Crippen LogP contribution in [0.2, 0.25) is 0 Å². The predicted molar refractivity (Wildman–Crippen MR) is 109 cm³/mol. The summed E-state index contributed by atoms with van der Waals surface area (Å²) in [6, 6.07) is 8.55. The van der Waals surface area contributed by atoms with E-state index in [0.29, 0.717) is 11.3 Å². The smallest absolute Gasteiger partial charge is 0.404 e. The molecule has 0 aliphatic rings. The highest BCUT2D eigenvalue weighted by atomic mass is 16.6. The lowest BCUT2D eigenvalue weighted by Gasteiger charge is -2.10. The summed E-state index contributed by atoms with van der Waals surface area (Å²) in [5, 5.41) is 42.3. The van der Waals surface area contributed by atoms with Crippen LogP contribution in [0, 0.1) is 20.2 Å². The molecule has 0 bridgehead atoms. The second kappa shape index (κ2) is 12.2. The van der Waals surface area contributed by atoms with Gasteiger partial charge >= 0.3 is 12.2 Å². The number of rotatable bonds is 8. The summed E-state index contributed by atoms with van der Waals surface area (Å²) >= 11 is 0. The van der Waals surface area contributed by atoms with Crippen molar-refractivity contribution in [3.05, 3.63) is 67.8 Å². The summed E-state index contributed by atoms with van der Waals surface area (Å²) in [6.07, 6.45) is -2.47. The zero-order valence-electron chi connectivity index (χ0n) is 16.9. The molecule has 2 aromatic rings. The van der Waals surface area contributed by atoms with Gasteiger partial charge in [0.2, 0.25) is 0 Å². The number of benzene rings is 2. The monoisotopic (exact) mass is 452 g/mol. The van der Waals surface area contributed by atoms with Crippen LogP contribution in [0.4, 0.5) is 21.0 Å². The molecule has 0 atom stereocenters. The fourth-order valence-electron chi connectivity index (χ4n) is 2.40. The van der Waals surface area contributed by atoms with Crippen LogP contribution in [0.15, 0.2) is 36.4 Å². The predicted octanol–water partition coefficient (Wildman–Crippen LogP) is 2.74. The quantitative estimate of drug-likeness (QED) is 0.340. The van der Waals surface area contributed by atoms with Crippen LogP contribution in [-0.2, 0) is 13.1 Å². The Hall–Kier alpha value is -4.62. The Morgan fingerprint density at radius 1 is 0.844 bits per heavy atom. The number of amides is 2. The Labute approximate surface area is 180 Å². The maximum absolute atomic E-state index is 10.9. The first kappa shape index (κ1) is 25.4. The largest absolute Gasteiger partial charge is 0.493 e. The molecule has 0 spiro atoms. The van der Waals surface area contributed by atoms with Gasteiger partial charge in [-0.05, 0) is 6.07 Å². The number of nitrogens with one attached hydrogen (secondary N) is 2. The van der Waals surface area contributed by atoms with Gasteiger partial charge in [0.05, 0.1) is 48.8 Å². The van der Waals surface area contributed by atoms with Gasteiger partial charge in [-0.2, -0.15) is 0 Å². The van der Waals surface area contributed by atoms with E-state index < -0.39 is 22.0 Å². The van der Waals surface area contributed by atoms with Crippen LogP contribution in [0.1, 0.15) is 11.1 Å². The lowest BCUT2D eigenvalue weighted by atomic mass is 10.1.